The van der Waals surface area contributed by atoms with Gasteiger partial charge in [-0.1, -0.05) is 11.6 Å². The quantitative estimate of drug-likeness (QED) is 0.834. The number of aryl methyl sites for hydroxylation is 4. The third-order valence-corrected chi connectivity index (χ3v) is 4.13. The topological polar surface area (TPSA) is 37.9 Å². The molecule has 0 saturated heterocycles. The molecule has 0 atom stereocenters. The van der Waals surface area contributed by atoms with Crippen molar-refractivity contribution in [3.63, 3.8) is 0 Å². The molecule has 0 aliphatic carbocycles. The fourth-order valence-electron chi connectivity index (χ4n) is 2.37. The Kier molecular flexibility index (Phi) is 4.71. The smallest absolute Gasteiger partial charge is 0.119 e. The van der Waals surface area contributed by atoms with E-state index in [0.717, 1.165) is 46.1 Å². The number of hydrogen-bond acceptors (Lipinski definition) is 2. The predicted molar refractivity (Wildman–Crippen MR) is 82.8 cm³/mol. The Balaban J connectivity index is 1.88. The second-order valence-corrected chi connectivity index (χ2v) is 5.61. The van der Waals surface area contributed by atoms with E-state index in [-0.39, 0.29) is 0 Å². The fraction of sp³-hybridized carbons (Fsp3) is 0.438. The third kappa shape index (κ3) is 3.34. The summed E-state index contributed by atoms with van der Waals surface area (Å²) in [5.41, 5.74) is 5.66. The Morgan fingerprint density at radius 3 is 2.35 bits per heavy atom. The molecule has 0 saturated carbocycles. The summed E-state index contributed by atoms with van der Waals surface area (Å²) in [6.07, 6.45) is 1.96. The molecule has 0 bridgehead atoms. The number of ether oxygens (including phenoxy) is 1. The van der Waals surface area contributed by atoms with Crippen LogP contribution in [0.15, 0.2) is 12.1 Å². The average Bonchev–Trinajstić information content (AvgIpc) is 2.72. The monoisotopic (exact) mass is 292 g/mol. The van der Waals surface area contributed by atoms with Gasteiger partial charge in [0, 0.05) is 10.7 Å². The maximum absolute atomic E-state index is 6.15. The van der Waals surface area contributed by atoms with Crippen molar-refractivity contribution in [3.05, 3.63) is 45.2 Å². The molecule has 2 rings (SSSR count). The molecule has 0 aliphatic rings. The lowest BCUT2D eigenvalue weighted by Gasteiger charge is -2.10. The van der Waals surface area contributed by atoms with Crippen molar-refractivity contribution >= 4 is 11.6 Å². The van der Waals surface area contributed by atoms with Crippen molar-refractivity contribution in [3.8, 4) is 5.75 Å². The Labute approximate surface area is 125 Å². The molecular formula is C16H21ClN2O. The van der Waals surface area contributed by atoms with Crippen LogP contribution in [0.25, 0.3) is 0 Å². The fourth-order valence-corrected chi connectivity index (χ4v) is 2.48. The van der Waals surface area contributed by atoms with E-state index in [4.69, 9.17) is 16.3 Å². The minimum atomic E-state index is 0.699. The summed E-state index contributed by atoms with van der Waals surface area (Å²) in [5.74, 6) is 0.894. The van der Waals surface area contributed by atoms with E-state index < -0.39 is 0 Å². The summed E-state index contributed by atoms with van der Waals surface area (Å²) in [7, 11) is 0. The van der Waals surface area contributed by atoms with Crippen molar-refractivity contribution in [1.82, 2.24) is 10.2 Å². The first kappa shape index (κ1) is 14.9. The van der Waals surface area contributed by atoms with Crippen LogP contribution < -0.4 is 4.74 Å². The Morgan fingerprint density at radius 2 is 1.80 bits per heavy atom. The van der Waals surface area contributed by atoms with Gasteiger partial charge in [-0.2, -0.15) is 5.10 Å². The summed E-state index contributed by atoms with van der Waals surface area (Å²) in [5, 5.41) is 8.04. The van der Waals surface area contributed by atoms with E-state index >= 15 is 0 Å². The van der Waals surface area contributed by atoms with E-state index in [1.54, 1.807) is 0 Å². The maximum atomic E-state index is 6.15. The molecule has 3 nitrogen and oxygen atoms in total. The van der Waals surface area contributed by atoms with Gasteiger partial charge in [-0.25, -0.2) is 0 Å². The van der Waals surface area contributed by atoms with Gasteiger partial charge in [0.1, 0.15) is 5.75 Å². The number of H-pyrrole nitrogens is 1. The molecule has 2 aromatic rings. The third-order valence-electron chi connectivity index (χ3n) is 3.53. The van der Waals surface area contributed by atoms with Crippen molar-refractivity contribution in [2.24, 2.45) is 0 Å². The van der Waals surface area contributed by atoms with Crippen molar-refractivity contribution in [1.29, 1.82) is 0 Å². The first-order valence-corrected chi connectivity index (χ1v) is 7.27. The van der Waals surface area contributed by atoms with Gasteiger partial charge < -0.3 is 4.74 Å². The van der Waals surface area contributed by atoms with Gasteiger partial charge in [-0.05, 0) is 69.4 Å². The zero-order valence-electron chi connectivity index (χ0n) is 12.5. The van der Waals surface area contributed by atoms with Gasteiger partial charge in [-0.3, -0.25) is 5.10 Å². The molecule has 4 heteroatoms. The highest BCUT2D eigenvalue weighted by atomic mass is 35.5. The maximum Gasteiger partial charge on any atom is 0.119 e. The van der Waals surface area contributed by atoms with Gasteiger partial charge in [-0.15, -0.1) is 0 Å². The van der Waals surface area contributed by atoms with Gasteiger partial charge in [0.2, 0.25) is 0 Å². The number of benzene rings is 1. The molecule has 0 fully saturated rings. The van der Waals surface area contributed by atoms with Crippen LogP contribution in [0.5, 0.6) is 5.75 Å². The van der Waals surface area contributed by atoms with Crippen LogP contribution in [0.3, 0.4) is 0 Å². The second kappa shape index (κ2) is 6.31. The molecule has 1 heterocycles. The van der Waals surface area contributed by atoms with Crippen molar-refractivity contribution < 1.29 is 4.74 Å². The van der Waals surface area contributed by atoms with Gasteiger partial charge in [0.15, 0.2) is 0 Å². The van der Waals surface area contributed by atoms with Crippen molar-refractivity contribution in [2.45, 2.75) is 40.5 Å². The minimum absolute atomic E-state index is 0.699. The SMILES string of the molecule is Cc1cc(OCCCc2c(C)n[nH]c2C)cc(C)c1Cl. The predicted octanol–water partition coefficient (Wildman–Crippen LogP) is 4.31. The number of hydrogen-bond donors (Lipinski definition) is 1. The molecule has 0 radical (unpaired) electrons. The van der Waals surface area contributed by atoms with E-state index in [1.165, 1.54) is 5.56 Å². The van der Waals surface area contributed by atoms with E-state index in [2.05, 4.69) is 17.1 Å². The lowest BCUT2D eigenvalue weighted by molar-refractivity contribution is 0.310. The molecule has 0 spiro atoms. The zero-order valence-corrected chi connectivity index (χ0v) is 13.3. The van der Waals surface area contributed by atoms with Crippen LogP contribution in [-0.2, 0) is 6.42 Å². The minimum Gasteiger partial charge on any atom is -0.494 e. The molecule has 1 aromatic carbocycles. The van der Waals surface area contributed by atoms with E-state index in [9.17, 15) is 0 Å². The van der Waals surface area contributed by atoms with Gasteiger partial charge in [0.05, 0.1) is 12.3 Å². The molecule has 0 aliphatic heterocycles. The van der Waals surface area contributed by atoms with Crippen molar-refractivity contribution in [2.75, 3.05) is 6.61 Å². The molecule has 108 valence electrons. The summed E-state index contributed by atoms with van der Waals surface area (Å²) in [4.78, 5) is 0. The van der Waals surface area contributed by atoms with Crippen LogP contribution >= 0.6 is 11.6 Å². The largest absolute Gasteiger partial charge is 0.494 e. The molecule has 1 aromatic heterocycles. The normalized spacial score (nSPS) is 10.8. The zero-order chi connectivity index (χ0) is 14.7. The highest BCUT2D eigenvalue weighted by Gasteiger charge is 2.07. The van der Waals surface area contributed by atoms with Gasteiger partial charge >= 0.3 is 0 Å². The molecule has 1 N–H and O–H groups in total. The Hall–Kier alpha value is -1.48. The summed E-state index contributed by atoms with van der Waals surface area (Å²) in [6, 6.07) is 3.98. The Bertz CT molecular complexity index is 562. The second-order valence-electron chi connectivity index (χ2n) is 5.24. The van der Waals surface area contributed by atoms with Crippen LogP contribution in [0, 0.1) is 27.7 Å². The molecule has 0 unspecified atom stereocenters. The van der Waals surface area contributed by atoms with Crippen LogP contribution in [-0.4, -0.2) is 16.8 Å². The first-order valence-electron chi connectivity index (χ1n) is 6.89. The van der Waals surface area contributed by atoms with Gasteiger partial charge in [0.25, 0.3) is 0 Å². The number of halogens is 1. The van der Waals surface area contributed by atoms with E-state index in [0.29, 0.717) is 6.61 Å². The number of aromatic nitrogens is 2. The molecule has 20 heavy (non-hydrogen) atoms. The summed E-state index contributed by atoms with van der Waals surface area (Å²) < 4.78 is 5.81. The highest BCUT2D eigenvalue weighted by Crippen LogP contribution is 2.26. The summed E-state index contributed by atoms with van der Waals surface area (Å²) in [6.45, 7) is 8.79. The lowest BCUT2D eigenvalue weighted by atomic mass is 10.1. The molecular weight excluding hydrogens is 272 g/mol. The lowest BCUT2D eigenvalue weighted by Crippen LogP contribution is -2.01. The Morgan fingerprint density at radius 1 is 1.15 bits per heavy atom. The standard InChI is InChI=1S/C16H21ClN2O/c1-10-8-14(9-11(2)16(10)17)20-7-5-6-15-12(3)18-19-13(15)4/h8-9H,5-7H2,1-4H3,(H,18,19). The van der Waals surface area contributed by atoms with Crippen LogP contribution in [0.2, 0.25) is 5.02 Å². The van der Waals surface area contributed by atoms with Crippen LogP contribution in [0.4, 0.5) is 0 Å². The molecule has 0 amide bonds. The first-order chi connectivity index (χ1) is 9.49. The van der Waals surface area contributed by atoms with E-state index in [1.807, 2.05) is 32.9 Å². The summed E-state index contributed by atoms with van der Waals surface area (Å²) >= 11 is 6.15. The number of nitrogens with zero attached hydrogens (tertiary/aromatic N) is 1. The number of rotatable bonds is 5. The number of aromatic amines is 1. The van der Waals surface area contributed by atoms with Crippen LogP contribution in [0.1, 0.15) is 34.5 Å². The average molecular weight is 293 g/mol. The number of nitrogens with one attached hydrogen (secondary N) is 1. The highest BCUT2D eigenvalue weighted by molar-refractivity contribution is 6.32.